The number of carbonyl (C=O) groups excluding carboxylic acids is 1. The Morgan fingerprint density at radius 1 is 1.14 bits per heavy atom. The van der Waals surface area contributed by atoms with Crippen LogP contribution in [0.25, 0.3) is 0 Å². The molecule has 1 N–H and O–H groups in total. The molecule has 8 nitrogen and oxygen atoms in total. The number of halogens is 2. The van der Waals surface area contributed by atoms with Crippen LogP contribution < -0.4 is 10.1 Å². The number of ether oxygens (including phenoxy) is 1. The molecule has 2 aromatic carbocycles. The zero-order valence-electron chi connectivity index (χ0n) is 15.5. The molecule has 10 heteroatoms. The first-order valence-corrected chi connectivity index (χ1v) is 8.98. The lowest BCUT2D eigenvalue weighted by Crippen LogP contribution is -2.49. The van der Waals surface area contributed by atoms with Gasteiger partial charge in [0.25, 0.3) is 5.69 Å². The number of benzene rings is 2. The Morgan fingerprint density at radius 2 is 1.83 bits per heavy atom. The topological polar surface area (TPSA) is 87.9 Å². The third kappa shape index (κ3) is 5.61. The minimum absolute atomic E-state index is 0.170. The Hall–Kier alpha value is -3.27. The highest BCUT2D eigenvalue weighted by molar-refractivity contribution is 5.91. The number of nitrogens with zero attached hydrogens (tertiary/aromatic N) is 3. The van der Waals surface area contributed by atoms with Gasteiger partial charge in [0.15, 0.2) is 0 Å². The number of nitrogens with one attached hydrogen (secondary N) is 1. The van der Waals surface area contributed by atoms with Gasteiger partial charge >= 0.3 is 12.6 Å². The van der Waals surface area contributed by atoms with Crippen molar-refractivity contribution >= 4 is 17.4 Å². The number of alkyl halides is 2. The summed E-state index contributed by atoms with van der Waals surface area (Å²) >= 11 is 0. The van der Waals surface area contributed by atoms with Crippen molar-refractivity contribution in [3.63, 3.8) is 0 Å². The first-order chi connectivity index (χ1) is 13.9. The molecule has 1 saturated heterocycles. The van der Waals surface area contributed by atoms with Crippen LogP contribution in [0.3, 0.4) is 0 Å². The number of amides is 2. The van der Waals surface area contributed by atoms with Crippen LogP contribution in [0.15, 0.2) is 48.5 Å². The molecule has 1 aliphatic rings. The third-order valence-electron chi connectivity index (χ3n) is 4.54. The van der Waals surface area contributed by atoms with Crippen molar-refractivity contribution in [3.8, 4) is 5.75 Å². The average Bonchev–Trinajstić information content (AvgIpc) is 2.70. The first-order valence-electron chi connectivity index (χ1n) is 8.98. The Labute approximate surface area is 165 Å². The van der Waals surface area contributed by atoms with Gasteiger partial charge < -0.3 is 15.0 Å². The van der Waals surface area contributed by atoms with Gasteiger partial charge in [0, 0.05) is 44.9 Å². The third-order valence-corrected chi connectivity index (χ3v) is 4.54. The zero-order chi connectivity index (χ0) is 20.8. The maximum Gasteiger partial charge on any atom is 0.387 e. The lowest BCUT2D eigenvalue weighted by atomic mass is 10.2. The van der Waals surface area contributed by atoms with Crippen LogP contribution in [0.2, 0.25) is 0 Å². The average molecular weight is 406 g/mol. The molecule has 0 saturated carbocycles. The van der Waals surface area contributed by atoms with Crippen LogP contribution in [0.4, 0.5) is 25.0 Å². The summed E-state index contributed by atoms with van der Waals surface area (Å²) in [5.41, 5.74) is 0.668. The first kappa shape index (κ1) is 20.5. The quantitative estimate of drug-likeness (QED) is 0.586. The van der Waals surface area contributed by atoms with Gasteiger partial charge in [-0.2, -0.15) is 8.78 Å². The van der Waals surface area contributed by atoms with Gasteiger partial charge in [-0.15, -0.1) is 0 Å². The van der Waals surface area contributed by atoms with Crippen molar-refractivity contribution in [2.45, 2.75) is 13.2 Å². The molecule has 0 atom stereocenters. The summed E-state index contributed by atoms with van der Waals surface area (Å²) in [6.07, 6.45) is 0. The fourth-order valence-corrected chi connectivity index (χ4v) is 3.07. The summed E-state index contributed by atoms with van der Waals surface area (Å²) in [7, 11) is 0. The highest BCUT2D eigenvalue weighted by atomic mass is 19.3. The smallest absolute Gasteiger partial charge is 0.387 e. The van der Waals surface area contributed by atoms with Gasteiger partial charge in [-0.25, -0.2) is 4.79 Å². The Bertz CT molecular complexity index is 859. The van der Waals surface area contributed by atoms with Gasteiger partial charge in [0.1, 0.15) is 5.75 Å². The van der Waals surface area contributed by atoms with Gasteiger partial charge in [0.05, 0.1) is 10.6 Å². The van der Waals surface area contributed by atoms with Crippen molar-refractivity contribution in [1.29, 1.82) is 0 Å². The fraction of sp³-hybridized carbons (Fsp3) is 0.316. The molecule has 0 aliphatic carbocycles. The van der Waals surface area contributed by atoms with Crippen LogP contribution in [0, 0.1) is 10.1 Å². The SMILES string of the molecule is O=C(Nc1cc([N+](=O)[O-])ccc1OC(F)F)N1CCN(Cc2ccccc2)CC1. The maximum absolute atomic E-state index is 12.6. The molecule has 0 spiro atoms. The van der Waals surface area contributed by atoms with Crippen molar-refractivity contribution in [2.75, 3.05) is 31.5 Å². The number of hydrogen-bond donors (Lipinski definition) is 1. The molecular formula is C19H20F2N4O4. The highest BCUT2D eigenvalue weighted by Gasteiger charge is 2.23. The van der Waals surface area contributed by atoms with Crippen LogP contribution in [-0.2, 0) is 6.54 Å². The molecule has 0 aromatic heterocycles. The molecule has 2 amide bonds. The number of piperazine rings is 1. The molecular weight excluding hydrogens is 386 g/mol. The van der Waals surface area contributed by atoms with E-state index in [9.17, 15) is 23.7 Å². The molecule has 0 radical (unpaired) electrons. The summed E-state index contributed by atoms with van der Waals surface area (Å²) in [6, 6.07) is 12.5. The van der Waals surface area contributed by atoms with Crippen molar-refractivity contribution in [3.05, 3.63) is 64.2 Å². The van der Waals surface area contributed by atoms with Gasteiger partial charge in [-0.05, 0) is 11.6 Å². The second-order valence-corrected chi connectivity index (χ2v) is 6.50. The fourth-order valence-electron chi connectivity index (χ4n) is 3.07. The lowest BCUT2D eigenvalue weighted by Gasteiger charge is -2.34. The second-order valence-electron chi connectivity index (χ2n) is 6.50. The van der Waals surface area contributed by atoms with E-state index in [1.807, 2.05) is 30.3 Å². The number of nitro benzene ring substituents is 1. The zero-order valence-corrected chi connectivity index (χ0v) is 15.5. The van der Waals surface area contributed by atoms with E-state index in [1.165, 1.54) is 10.5 Å². The van der Waals surface area contributed by atoms with Crippen LogP contribution in [0.1, 0.15) is 5.56 Å². The van der Waals surface area contributed by atoms with E-state index in [1.54, 1.807) is 0 Å². The summed E-state index contributed by atoms with van der Waals surface area (Å²) in [5.74, 6) is -0.332. The molecule has 1 fully saturated rings. The standard InChI is InChI=1S/C19H20F2N4O4/c20-18(21)29-17-7-6-15(25(27)28)12-16(17)22-19(26)24-10-8-23(9-11-24)13-14-4-2-1-3-5-14/h1-7,12,18H,8-11,13H2,(H,22,26). The Morgan fingerprint density at radius 3 is 2.45 bits per heavy atom. The van der Waals surface area contributed by atoms with E-state index in [0.29, 0.717) is 26.2 Å². The number of carbonyl (C=O) groups is 1. The minimum atomic E-state index is -3.12. The Balaban J connectivity index is 1.61. The minimum Gasteiger partial charge on any atom is -0.433 e. The van der Waals surface area contributed by atoms with Crippen molar-refractivity contribution in [2.24, 2.45) is 0 Å². The largest absolute Gasteiger partial charge is 0.433 e. The number of non-ortho nitro benzene ring substituents is 1. The molecule has 3 rings (SSSR count). The second kappa shape index (κ2) is 9.28. The van der Waals surface area contributed by atoms with Gasteiger partial charge in [-0.3, -0.25) is 15.0 Å². The molecule has 0 bridgehead atoms. The Kier molecular flexibility index (Phi) is 6.55. The van der Waals surface area contributed by atoms with Crippen LogP contribution in [0.5, 0.6) is 5.75 Å². The van der Waals surface area contributed by atoms with E-state index in [4.69, 9.17) is 0 Å². The molecule has 0 unspecified atom stereocenters. The summed E-state index contributed by atoms with van der Waals surface area (Å²) in [6.45, 7) is -0.159. The predicted molar refractivity (Wildman–Crippen MR) is 102 cm³/mol. The molecule has 154 valence electrons. The number of rotatable bonds is 6. The predicted octanol–water partition coefficient (Wildman–Crippen LogP) is 3.55. The normalized spacial score (nSPS) is 14.7. The molecule has 1 heterocycles. The molecule has 1 aliphatic heterocycles. The van der Waals surface area contributed by atoms with Crippen LogP contribution in [-0.4, -0.2) is 53.5 Å². The summed E-state index contributed by atoms with van der Waals surface area (Å²) < 4.78 is 29.5. The number of hydrogen-bond acceptors (Lipinski definition) is 5. The number of nitro groups is 1. The van der Waals surface area contributed by atoms with E-state index in [2.05, 4.69) is 15.0 Å². The lowest BCUT2D eigenvalue weighted by molar-refractivity contribution is -0.384. The maximum atomic E-state index is 12.6. The van der Waals surface area contributed by atoms with Gasteiger partial charge in [0.2, 0.25) is 0 Å². The number of urea groups is 1. The summed E-state index contributed by atoms with van der Waals surface area (Å²) in [5, 5.41) is 13.4. The summed E-state index contributed by atoms with van der Waals surface area (Å²) in [4.78, 5) is 26.5. The van der Waals surface area contributed by atoms with Crippen molar-refractivity contribution in [1.82, 2.24) is 9.80 Å². The van der Waals surface area contributed by atoms with E-state index >= 15 is 0 Å². The number of anilines is 1. The van der Waals surface area contributed by atoms with Gasteiger partial charge in [-0.1, -0.05) is 30.3 Å². The molecule has 2 aromatic rings. The highest BCUT2D eigenvalue weighted by Crippen LogP contribution is 2.30. The molecule has 29 heavy (non-hydrogen) atoms. The van der Waals surface area contributed by atoms with E-state index < -0.39 is 17.6 Å². The monoisotopic (exact) mass is 406 g/mol. The van der Waals surface area contributed by atoms with E-state index in [-0.39, 0.29) is 17.1 Å². The van der Waals surface area contributed by atoms with E-state index in [0.717, 1.165) is 24.7 Å². The van der Waals surface area contributed by atoms with Crippen molar-refractivity contribution < 1.29 is 23.2 Å². The van der Waals surface area contributed by atoms with Crippen LogP contribution >= 0.6 is 0 Å².